The first-order valence-corrected chi connectivity index (χ1v) is 2.19. The quantitative estimate of drug-likeness (QED) is 0.322. The van der Waals surface area contributed by atoms with E-state index < -0.39 is 7.82 Å². The zero-order valence-corrected chi connectivity index (χ0v) is 10.7. The molecule has 0 aliphatic heterocycles. The van der Waals surface area contributed by atoms with Crippen LogP contribution >= 0.6 is 7.82 Å². The van der Waals surface area contributed by atoms with E-state index in [1.54, 1.807) is 0 Å². The van der Waals surface area contributed by atoms with Gasteiger partial charge >= 0.3 is 89.7 Å². The standard InChI is InChI=1S/Ag.Ca.Na.H3O4P/c;;;1-5(2,3)4/h;;;(H3,1,2,3,4)/q+1;+2;+1;/p-3. The first-order valence-electron chi connectivity index (χ1n) is 0.730. The molecule has 0 bridgehead atoms. The summed E-state index contributed by atoms with van der Waals surface area (Å²) in [5, 5.41) is 0. The second-order valence-electron chi connectivity index (χ2n) is 0.447. The SMILES string of the molecule is O=P([O-])([O-])[O-].[Ag+].[Ca+2].[Na+]. The summed E-state index contributed by atoms with van der Waals surface area (Å²) < 4.78 is 8.55. The average Bonchev–Trinajstić information content (AvgIpc) is 0.722. The van der Waals surface area contributed by atoms with Crippen LogP contribution in [0.25, 0.3) is 0 Å². The maximum absolute atomic E-state index is 8.55. The minimum Gasteiger partial charge on any atom is -0.822 e. The second-order valence-corrected chi connectivity index (χ2v) is 1.34. The summed E-state index contributed by atoms with van der Waals surface area (Å²) in [4.78, 5) is 25.6. The van der Waals surface area contributed by atoms with Crippen LogP contribution in [0.1, 0.15) is 0 Å². The zero-order valence-electron chi connectivity index (χ0n) is 4.09. The Labute approximate surface area is 114 Å². The Kier molecular flexibility index (Phi) is 28.4. The van der Waals surface area contributed by atoms with Crippen molar-refractivity contribution in [2.24, 2.45) is 0 Å². The van der Waals surface area contributed by atoms with E-state index in [9.17, 15) is 0 Å². The van der Waals surface area contributed by atoms with Crippen molar-refractivity contribution in [3.05, 3.63) is 0 Å². The van der Waals surface area contributed by atoms with Gasteiger partial charge in [0.05, 0.1) is 0 Å². The van der Waals surface area contributed by atoms with Gasteiger partial charge < -0.3 is 19.2 Å². The Morgan fingerprint density at radius 1 is 1.12 bits per heavy atom. The van der Waals surface area contributed by atoms with Crippen molar-refractivity contribution in [3.8, 4) is 0 Å². The van der Waals surface area contributed by atoms with Gasteiger partial charge in [-0.1, -0.05) is 0 Å². The summed E-state index contributed by atoms with van der Waals surface area (Å²) in [6, 6.07) is 0. The Hall–Kier alpha value is 3.11. The molecule has 0 aliphatic rings. The molecular formula is AgCaNaO4P+. The van der Waals surface area contributed by atoms with E-state index in [1.165, 1.54) is 0 Å². The smallest absolute Gasteiger partial charge is 0.822 e. The molecule has 42 valence electrons. The van der Waals surface area contributed by atoms with Gasteiger partial charge in [-0.25, -0.2) is 0 Å². The molecule has 0 rings (SSSR count). The summed E-state index contributed by atoms with van der Waals surface area (Å²) >= 11 is 0. The van der Waals surface area contributed by atoms with Gasteiger partial charge in [-0.15, -0.1) is 0 Å². The number of hydrogen-bond acceptors (Lipinski definition) is 4. The van der Waals surface area contributed by atoms with Gasteiger partial charge in [0.15, 0.2) is 0 Å². The van der Waals surface area contributed by atoms with Crippen molar-refractivity contribution in [1.29, 1.82) is 0 Å². The molecule has 8 heteroatoms. The first kappa shape index (κ1) is 22.5. The minimum absolute atomic E-state index is 0. The van der Waals surface area contributed by atoms with Gasteiger partial charge in [0.25, 0.3) is 0 Å². The topological polar surface area (TPSA) is 86.2 Å². The van der Waals surface area contributed by atoms with Crippen molar-refractivity contribution in [1.82, 2.24) is 0 Å². The molecule has 0 amide bonds. The van der Waals surface area contributed by atoms with E-state index >= 15 is 0 Å². The molecule has 0 spiro atoms. The van der Waals surface area contributed by atoms with Crippen LogP contribution in [0.4, 0.5) is 0 Å². The predicted octanol–water partition coefficient (Wildman–Crippen LogP) is -6.20. The van der Waals surface area contributed by atoms with Crippen LogP contribution in [-0.4, -0.2) is 37.7 Å². The molecule has 0 aromatic carbocycles. The predicted molar refractivity (Wildman–Crippen MR) is 13.4 cm³/mol. The van der Waals surface area contributed by atoms with E-state index in [0.29, 0.717) is 0 Å². The summed E-state index contributed by atoms with van der Waals surface area (Å²) in [7, 11) is -5.39. The number of rotatable bonds is 0. The molecule has 0 atom stereocenters. The third-order valence-electron chi connectivity index (χ3n) is 0. The summed E-state index contributed by atoms with van der Waals surface area (Å²) in [6.45, 7) is 0. The van der Waals surface area contributed by atoms with Gasteiger partial charge in [0.2, 0.25) is 0 Å². The summed E-state index contributed by atoms with van der Waals surface area (Å²) in [6.07, 6.45) is 0. The normalized spacial score (nSPS) is 7.38. The third-order valence-corrected chi connectivity index (χ3v) is 0. The molecule has 0 N–H and O–H groups in total. The summed E-state index contributed by atoms with van der Waals surface area (Å²) in [5.74, 6) is 0. The number of hydrogen-bond donors (Lipinski definition) is 0. The van der Waals surface area contributed by atoms with Gasteiger partial charge in [-0.2, -0.15) is 7.82 Å². The Bertz CT molecular complexity index is 62.2. The molecule has 0 heterocycles. The molecule has 4 nitrogen and oxygen atoms in total. The van der Waals surface area contributed by atoms with Crippen molar-refractivity contribution in [2.45, 2.75) is 0 Å². The van der Waals surface area contributed by atoms with Gasteiger partial charge in [-0.05, 0) is 0 Å². The molecule has 0 saturated carbocycles. The van der Waals surface area contributed by atoms with Crippen LogP contribution in [0.3, 0.4) is 0 Å². The van der Waals surface area contributed by atoms with Crippen molar-refractivity contribution < 1.29 is 71.2 Å². The van der Waals surface area contributed by atoms with E-state index in [-0.39, 0.29) is 89.7 Å². The fourth-order valence-electron chi connectivity index (χ4n) is 0. The number of phosphoric acid groups is 1. The molecule has 0 radical (unpaired) electrons. The third kappa shape index (κ3) is 61.9. The fourth-order valence-corrected chi connectivity index (χ4v) is 0. The van der Waals surface area contributed by atoms with Crippen LogP contribution in [0.15, 0.2) is 0 Å². The minimum atomic E-state index is -5.39. The zero-order chi connectivity index (χ0) is 4.50. The van der Waals surface area contributed by atoms with Crippen molar-refractivity contribution in [2.75, 3.05) is 0 Å². The van der Waals surface area contributed by atoms with Crippen LogP contribution < -0.4 is 44.2 Å². The van der Waals surface area contributed by atoms with Gasteiger partial charge in [0.1, 0.15) is 0 Å². The van der Waals surface area contributed by atoms with E-state index in [0.717, 1.165) is 0 Å². The monoisotopic (exact) mass is 265 g/mol. The summed E-state index contributed by atoms with van der Waals surface area (Å²) in [5.41, 5.74) is 0. The molecule has 0 aliphatic carbocycles. The van der Waals surface area contributed by atoms with Crippen LogP contribution in [0, 0.1) is 0 Å². The Morgan fingerprint density at radius 2 is 1.12 bits per heavy atom. The van der Waals surface area contributed by atoms with Gasteiger partial charge in [0, 0.05) is 0 Å². The van der Waals surface area contributed by atoms with E-state index in [4.69, 9.17) is 19.2 Å². The maximum Gasteiger partial charge on any atom is 2.00 e. The van der Waals surface area contributed by atoms with E-state index in [2.05, 4.69) is 0 Å². The largest absolute Gasteiger partial charge is 2.00 e. The van der Waals surface area contributed by atoms with Gasteiger partial charge in [-0.3, -0.25) is 0 Å². The van der Waals surface area contributed by atoms with E-state index in [1.807, 2.05) is 0 Å². The van der Waals surface area contributed by atoms with Crippen LogP contribution in [-0.2, 0) is 26.9 Å². The van der Waals surface area contributed by atoms with Crippen LogP contribution in [0.2, 0.25) is 0 Å². The fraction of sp³-hybridized carbons (Fsp3) is 0. The first-order chi connectivity index (χ1) is 2.00. The molecule has 0 fully saturated rings. The molecule has 0 unspecified atom stereocenters. The molecule has 0 aromatic rings. The van der Waals surface area contributed by atoms with Crippen molar-refractivity contribution in [3.63, 3.8) is 0 Å². The second kappa shape index (κ2) is 10.1. The van der Waals surface area contributed by atoms with Crippen molar-refractivity contribution >= 4 is 45.6 Å². The molecule has 0 aromatic heterocycles. The Balaban J connectivity index is -0.0000000267. The molecular weight excluding hydrogens is 266 g/mol. The average molecular weight is 266 g/mol. The molecule has 0 saturated heterocycles. The molecule has 8 heavy (non-hydrogen) atoms. The maximum atomic E-state index is 8.55. The Morgan fingerprint density at radius 3 is 1.12 bits per heavy atom. The van der Waals surface area contributed by atoms with Crippen LogP contribution in [0.5, 0.6) is 0 Å².